The van der Waals surface area contributed by atoms with Crippen molar-refractivity contribution in [3.63, 3.8) is 0 Å². The van der Waals surface area contributed by atoms with E-state index < -0.39 is 7.92 Å². The summed E-state index contributed by atoms with van der Waals surface area (Å²) in [6.07, 6.45) is 0. The Morgan fingerprint density at radius 1 is 0.230 bits per heavy atom. The van der Waals surface area contributed by atoms with Crippen molar-refractivity contribution in [3.05, 3.63) is 237 Å². The van der Waals surface area contributed by atoms with Gasteiger partial charge in [-0.2, -0.15) is 0 Å². The van der Waals surface area contributed by atoms with E-state index >= 15 is 0 Å². The van der Waals surface area contributed by atoms with Gasteiger partial charge >= 0.3 is 0 Å². The molecule has 0 unspecified atom stereocenters. The Balaban J connectivity index is 1.09. The predicted octanol–water partition coefficient (Wildman–Crippen LogP) is 15.2. The van der Waals surface area contributed by atoms with Crippen LogP contribution in [0.15, 0.2) is 237 Å². The van der Waals surface area contributed by atoms with Crippen molar-refractivity contribution in [1.82, 2.24) is 0 Å². The number of rotatable bonds is 7. The molecule has 12 rings (SSSR count). The zero-order chi connectivity index (χ0) is 40.3. The molecular weight excluding hydrogens is 752 g/mol. The standard InChI is InChI=1S/C60H39P/c1-5-16-40(17-6-1)42-28-33-47(34-29-42)61(48-35-30-43(31-36-48)41-18-7-2-8-19-41)49-37-32-46-38-55-58-52(54(46)39-49)26-15-27-53(58)59-56(44-20-9-3-10-21-44)50-24-13-14-25-51(50)57(60(55)59)45-22-11-4-12-23-45/h1-39H. The molecule has 0 aliphatic heterocycles. The van der Waals surface area contributed by atoms with Gasteiger partial charge in [-0.25, -0.2) is 0 Å². The van der Waals surface area contributed by atoms with Crippen molar-refractivity contribution in [3.8, 4) is 66.8 Å². The zero-order valence-corrected chi connectivity index (χ0v) is 34.4. The van der Waals surface area contributed by atoms with Crippen molar-refractivity contribution in [1.29, 1.82) is 0 Å². The second kappa shape index (κ2) is 14.7. The maximum Gasteiger partial charge on any atom is -0.000719 e. The lowest BCUT2D eigenvalue weighted by Crippen LogP contribution is -2.20. The first-order valence-electron chi connectivity index (χ1n) is 21.1. The van der Waals surface area contributed by atoms with Crippen LogP contribution in [0.4, 0.5) is 0 Å². The van der Waals surface area contributed by atoms with Gasteiger partial charge in [0.1, 0.15) is 0 Å². The highest BCUT2D eigenvalue weighted by molar-refractivity contribution is 7.79. The van der Waals surface area contributed by atoms with Crippen LogP contribution in [-0.4, -0.2) is 0 Å². The predicted molar refractivity (Wildman–Crippen MR) is 264 cm³/mol. The van der Waals surface area contributed by atoms with Gasteiger partial charge < -0.3 is 0 Å². The lowest BCUT2D eigenvalue weighted by molar-refractivity contribution is 1.62. The number of hydrogen-bond acceptors (Lipinski definition) is 0. The summed E-state index contributed by atoms with van der Waals surface area (Å²) in [7, 11) is -0.876. The summed E-state index contributed by atoms with van der Waals surface area (Å²) in [5, 5.41) is 11.8. The van der Waals surface area contributed by atoms with Gasteiger partial charge in [-0.1, -0.05) is 224 Å². The first-order valence-corrected chi connectivity index (χ1v) is 22.4. The fraction of sp³-hybridized carbons (Fsp3) is 0. The SMILES string of the molecule is c1ccc(-c2ccc(P(c3ccc(-c4ccccc4)cc3)c3ccc4cc5c6c(cccc6c4c3)-c3c-5c(-c4ccccc4)c4ccccc4c3-c3ccccc3)cc2)cc1. The van der Waals surface area contributed by atoms with Crippen molar-refractivity contribution < 1.29 is 0 Å². The lowest BCUT2D eigenvalue weighted by Gasteiger charge is -2.21. The number of hydrogen-bond donors (Lipinski definition) is 0. The van der Waals surface area contributed by atoms with E-state index in [2.05, 4.69) is 237 Å². The van der Waals surface area contributed by atoms with Gasteiger partial charge in [0.25, 0.3) is 0 Å². The molecule has 0 bridgehead atoms. The van der Waals surface area contributed by atoms with E-state index in [9.17, 15) is 0 Å². The number of fused-ring (bicyclic) bond motifs is 6. The Hall–Kier alpha value is -7.37. The molecule has 0 atom stereocenters. The van der Waals surface area contributed by atoms with E-state index in [0.29, 0.717) is 0 Å². The highest BCUT2D eigenvalue weighted by Crippen LogP contribution is 2.58. The molecule has 1 heteroatoms. The molecule has 0 heterocycles. The molecule has 0 radical (unpaired) electrons. The molecule has 11 aromatic rings. The average molecular weight is 791 g/mol. The first kappa shape index (κ1) is 35.6. The van der Waals surface area contributed by atoms with Gasteiger partial charge in [-0.05, 0) is 135 Å². The van der Waals surface area contributed by atoms with E-state index in [1.54, 1.807) is 0 Å². The van der Waals surface area contributed by atoms with Crippen LogP contribution in [0.3, 0.4) is 0 Å². The molecule has 11 aromatic carbocycles. The fourth-order valence-corrected chi connectivity index (χ4v) is 12.1. The minimum atomic E-state index is -0.876. The van der Waals surface area contributed by atoms with Gasteiger partial charge in [0.2, 0.25) is 0 Å². The summed E-state index contributed by atoms with van der Waals surface area (Å²) in [6, 6.07) is 87.8. The highest BCUT2D eigenvalue weighted by Gasteiger charge is 2.31. The van der Waals surface area contributed by atoms with Gasteiger partial charge in [0, 0.05) is 0 Å². The molecule has 1 aliphatic carbocycles. The largest absolute Gasteiger partial charge is 0.0622 e. The quantitative estimate of drug-likeness (QED) is 0.111. The summed E-state index contributed by atoms with van der Waals surface area (Å²) in [6.45, 7) is 0. The molecule has 0 spiro atoms. The summed E-state index contributed by atoms with van der Waals surface area (Å²) in [5.41, 5.74) is 15.3. The molecule has 0 nitrogen and oxygen atoms in total. The van der Waals surface area contributed by atoms with E-state index in [4.69, 9.17) is 0 Å². The fourth-order valence-electron chi connectivity index (χ4n) is 9.84. The summed E-state index contributed by atoms with van der Waals surface area (Å²) in [4.78, 5) is 0. The zero-order valence-electron chi connectivity index (χ0n) is 33.5. The van der Waals surface area contributed by atoms with Crippen LogP contribution in [0, 0.1) is 0 Å². The normalized spacial score (nSPS) is 11.8. The van der Waals surface area contributed by atoms with Crippen LogP contribution in [-0.2, 0) is 0 Å². The van der Waals surface area contributed by atoms with E-state index in [0.717, 1.165) is 0 Å². The third-order valence-corrected chi connectivity index (χ3v) is 15.0. The molecular formula is C60H39P. The molecule has 0 saturated heterocycles. The van der Waals surface area contributed by atoms with Crippen LogP contribution in [0.1, 0.15) is 0 Å². The van der Waals surface area contributed by atoms with E-state index in [1.807, 2.05) is 0 Å². The molecule has 0 amide bonds. The van der Waals surface area contributed by atoms with Crippen molar-refractivity contribution in [2.75, 3.05) is 0 Å². The van der Waals surface area contributed by atoms with Gasteiger partial charge in [0.15, 0.2) is 0 Å². The first-order chi connectivity index (χ1) is 30.3. The molecule has 284 valence electrons. The number of benzene rings is 11. The highest BCUT2D eigenvalue weighted by atomic mass is 31.1. The topological polar surface area (TPSA) is 0 Å². The molecule has 0 aromatic heterocycles. The molecule has 0 N–H and O–H groups in total. The monoisotopic (exact) mass is 790 g/mol. The van der Waals surface area contributed by atoms with E-state index in [1.165, 1.54) is 115 Å². The molecule has 1 aliphatic rings. The summed E-state index contributed by atoms with van der Waals surface area (Å²) < 4.78 is 0. The van der Waals surface area contributed by atoms with Crippen LogP contribution >= 0.6 is 7.92 Å². The third-order valence-electron chi connectivity index (χ3n) is 12.6. The van der Waals surface area contributed by atoms with Gasteiger partial charge in [0.05, 0.1) is 0 Å². The molecule has 0 fully saturated rings. The Labute approximate surface area is 357 Å². The smallest absolute Gasteiger partial charge is 0.000719 e. The second-order valence-corrected chi connectivity index (χ2v) is 18.2. The van der Waals surface area contributed by atoms with Gasteiger partial charge in [-0.3, -0.25) is 0 Å². The van der Waals surface area contributed by atoms with Crippen LogP contribution < -0.4 is 15.9 Å². The Morgan fingerprint density at radius 3 is 1.15 bits per heavy atom. The maximum absolute atomic E-state index is 2.51. The Morgan fingerprint density at radius 2 is 0.639 bits per heavy atom. The van der Waals surface area contributed by atoms with Crippen LogP contribution in [0.25, 0.3) is 99.1 Å². The third kappa shape index (κ3) is 5.95. The summed E-state index contributed by atoms with van der Waals surface area (Å²) >= 11 is 0. The van der Waals surface area contributed by atoms with Crippen molar-refractivity contribution in [2.45, 2.75) is 0 Å². The average Bonchev–Trinajstić information content (AvgIpc) is 3.66. The molecule has 0 saturated carbocycles. The minimum Gasteiger partial charge on any atom is -0.0622 e. The molecule has 61 heavy (non-hydrogen) atoms. The van der Waals surface area contributed by atoms with Crippen LogP contribution in [0.5, 0.6) is 0 Å². The van der Waals surface area contributed by atoms with Crippen molar-refractivity contribution in [2.24, 2.45) is 0 Å². The van der Waals surface area contributed by atoms with Crippen molar-refractivity contribution >= 4 is 56.2 Å². The Bertz CT molecular complexity index is 3330. The Kier molecular flexibility index (Phi) is 8.58. The minimum absolute atomic E-state index is 0.876. The van der Waals surface area contributed by atoms with Crippen LogP contribution in [0.2, 0.25) is 0 Å². The van der Waals surface area contributed by atoms with Gasteiger partial charge in [-0.15, -0.1) is 0 Å². The maximum atomic E-state index is 2.51. The summed E-state index contributed by atoms with van der Waals surface area (Å²) in [5.74, 6) is 0. The second-order valence-electron chi connectivity index (χ2n) is 16.0. The van der Waals surface area contributed by atoms with E-state index in [-0.39, 0.29) is 0 Å². The lowest BCUT2D eigenvalue weighted by atomic mass is 9.82.